The van der Waals surface area contributed by atoms with Crippen molar-refractivity contribution in [1.29, 1.82) is 0 Å². The van der Waals surface area contributed by atoms with Crippen molar-refractivity contribution < 1.29 is 19.1 Å². The first-order chi connectivity index (χ1) is 31.3. The molecule has 6 aromatic rings. The minimum Gasteiger partial charge on any atom is -0.443 e. The van der Waals surface area contributed by atoms with Crippen LogP contribution in [-0.4, -0.2) is 54.7 Å². The number of nitrogens with one attached hydrogen (secondary N) is 6. The lowest BCUT2D eigenvalue weighted by Crippen LogP contribution is -2.32. The van der Waals surface area contributed by atoms with E-state index in [9.17, 15) is 9.59 Å². The van der Waals surface area contributed by atoms with Crippen LogP contribution in [0.15, 0.2) is 116 Å². The van der Waals surface area contributed by atoms with E-state index < -0.39 is 46.1 Å². The van der Waals surface area contributed by atoms with E-state index in [-0.39, 0.29) is 0 Å². The van der Waals surface area contributed by atoms with E-state index in [1.165, 1.54) is 0 Å². The Morgan fingerprint density at radius 1 is 0.500 bits per heavy atom. The number of hydrogen-bond acceptors (Lipinski definition) is 6. The van der Waals surface area contributed by atoms with Gasteiger partial charge in [0, 0.05) is 65.3 Å². The van der Waals surface area contributed by atoms with Gasteiger partial charge >= 0.3 is 12.2 Å². The highest BCUT2D eigenvalue weighted by molar-refractivity contribution is 9.10. The molecule has 6 N–H and O–H groups in total. The topological polar surface area (TPSA) is 165 Å². The van der Waals surface area contributed by atoms with Crippen molar-refractivity contribution in [2.75, 3.05) is 0 Å². The molecule has 7 rings (SSSR count). The van der Waals surface area contributed by atoms with Gasteiger partial charge in [0.25, 0.3) is 0 Å². The molecule has 0 unspecified atom stereocenters. The molecule has 5 heterocycles. The number of amides is 2. The molecule has 348 valence electrons. The highest BCUT2D eigenvalue weighted by Gasteiger charge is 2.40. The van der Waals surface area contributed by atoms with Gasteiger partial charge in [-0.15, -0.1) is 0 Å². The Labute approximate surface area is 404 Å². The number of carbonyl (C=O) groups is 2. The standard InChI is InChI=1S/C52H62Br2N8O4/c1-11-51(12-2)39-27-23-35(55-39)43(45(31-15-19-33(53)20-16-31)59-61-47(63)65-49(5,6)7)37-25-29-41(57-37)52(13-3,14-4)42-30-26-38(58-42)44(36-24-28-40(51)56-36)46(32-17-21-34(54)22-18-32)60-62-48(64)66-50(8,9)10/h15-30,43-44,55-58H,11-14H2,1-10H3,(H,61,63)(H,62,64)/b59-45-,60-46+. The van der Waals surface area contributed by atoms with E-state index >= 15 is 0 Å². The van der Waals surface area contributed by atoms with Gasteiger partial charge in [-0.25, -0.2) is 20.4 Å². The summed E-state index contributed by atoms with van der Waals surface area (Å²) in [6.07, 6.45) is 1.80. The van der Waals surface area contributed by atoms with Gasteiger partial charge in [0.2, 0.25) is 0 Å². The van der Waals surface area contributed by atoms with Crippen molar-refractivity contribution in [2.45, 2.75) is 129 Å². The molecule has 1 aliphatic heterocycles. The van der Waals surface area contributed by atoms with Gasteiger partial charge in [-0.3, -0.25) is 0 Å². The zero-order valence-electron chi connectivity index (χ0n) is 39.5. The van der Waals surface area contributed by atoms with Gasteiger partial charge in [0.1, 0.15) is 11.2 Å². The van der Waals surface area contributed by atoms with Gasteiger partial charge in [-0.1, -0.05) is 83.8 Å². The SMILES string of the molecule is CCC1(CC)c2ccc([nH]2)C(/C(=N/NC(=O)OC(C)(C)C)c2ccc(Br)cc2)c2ccc([nH]2)C(CC)(CC)c2ccc([nH]2)C(/C(=N\NC(=O)OC(C)(C)C)c2ccc(Br)cc2)c2ccc1[nH]2. The number of hydrazone groups is 2. The molecule has 0 saturated carbocycles. The van der Waals surface area contributed by atoms with Gasteiger partial charge < -0.3 is 29.4 Å². The maximum absolute atomic E-state index is 13.2. The zero-order valence-corrected chi connectivity index (χ0v) is 42.7. The number of hydrogen-bond donors (Lipinski definition) is 6. The Morgan fingerprint density at radius 2 is 0.773 bits per heavy atom. The highest BCUT2D eigenvalue weighted by atomic mass is 79.9. The maximum Gasteiger partial charge on any atom is 0.428 e. The van der Waals surface area contributed by atoms with E-state index in [2.05, 4.69) is 139 Å². The average molecular weight is 1020 g/mol. The summed E-state index contributed by atoms with van der Waals surface area (Å²) in [4.78, 5) is 42.2. The van der Waals surface area contributed by atoms with Crippen LogP contribution in [0.2, 0.25) is 0 Å². The molecule has 0 fully saturated rings. The van der Waals surface area contributed by atoms with Gasteiger partial charge in [-0.05, 0) is 151 Å². The summed E-state index contributed by atoms with van der Waals surface area (Å²) >= 11 is 7.23. The maximum atomic E-state index is 13.2. The number of fused-ring (bicyclic) bond motifs is 8. The Kier molecular flexibility index (Phi) is 14.1. The summed E-state index contributed by atoms with van der Waals surface area (Å²) in [5.74, 6) is -0.946. The molecule has 0 radical (unpaired) electrons. The summed E-state index contributed by atoms with van der Waals surface area (Å²) < 4.78 is 13.2. The lowest BCUT2D eigenvalue weighted by Gasteiger charge is -2.32. The van der Waals surface area contributed by atoms with Crippen molar-refractivity contribution in [3.63, 3.8) is 0 Å². The molecule has 66 heavy (non-hydrogen) atoms. The van der Waals surface area contributed by atoms with Gasteiger partial charge in [-0.2, -0.15) is 10.2 Å². The van der Waals surface area contributed by atoms with E-state index in [4.69, 9.17) is 19.7 Å². The minimum absolute atomic E-state index is 0.473. The number of ether oxygens (including phenoxy) is 2. The van der Waals surface area contributed by atoms with Crippen molar-refractivity contribution in [2.24, 2.45) is 10.2 Å². The molecule has 4 aromatic heterocycles. The van der Waals surface area contributed by atoms with E-state index in [0.29, 0.717) is 11.4 Å². The largest absolute Gasteiger partial charge is 0.443 e. The Morgan fingerprint density at radius 3 is 1.02 bits per heavy atom. The van der Waals surface area contributed by atoms with E-state index in [0.717, 1.165) is 91.3 Å². The zero-order chi connectivity index (χ0) is 47.6. The van der Waals surface area contributed by atoms with Crippen LogP contribution in [0, 0.1) is 0 Å². The number of H-pyrrole nitrogens is 4. The summed E-state index contributed by atoms with van der Waals surface area (Å²) in [7, 11) is 0. The molecule has 0 aliphatic carbocycles. The van der Waals surface area contributed by atoms with Crippen LogP contribution in [0.25, 0.3) is 0 Å². The normalized spacial score (nSPS) is 17.3. The second-order valence-corrected chi connectivity index (χ2v) is 20.8. The smallest absolute Gasteiger partial charge is 0.428 e. The molecule has 12 nitrogen and oxygen atoms in total. The summed E-state index contributed by atoms with van der Waals surface area (Å²) in [6.45, 7) is 19.8. The van der Waals surface area contributed by atoms with Crippen molar-refractivity contribution in [1.82, 2.24) is 30.8 Å². The molecule has 0 spiro atoms. The Hall–Kier alpha value is -5.60. The number of halogens is 2. The number of carbonyl (C=O) groups excluding carboxylic acids is 2. The Bertz CT molecular complexity index is 2420. The average Bonchev–Trinajstić information content (AvgIpc) is 4.12. The molecular formula is C52H62Br2N8O4. The number of aromatic amines is 4. The fourth-order valence-electron chi connectivity index (χ4n) is 9.32. The summed E-state index contributed by atoms with van der Waals surface area (Å²) in [5.41, 5.74) is 13.7. The van der Waals surface area contributed by atoms with Crippen molar-refractivity contribution in [3.05, 3.63) is 163 Å². The number of nitrogens with zero attached hydrogens (tertiary/aromatic N) is 2. The number of rotatable bonds is 10. The van der Waals surface area contributed by atoms with Crippen LogP contribution in [-0.2, 0) is 20.3 Å². The fourth-order valence-corrected chi connectivity index (χ4v) is 9.85. The van der Waals surface area contributed by atoms with Gasteiger partial charge in [0.15, 0.2) is 0 Å². The first-order valence-electron chi connectivity index (χ1n) is 22.8. The highest BCUT2D eigenvalue weighted by Crippen LogP contribution is 2.44. The third kappa shape index (κ3) is 10.0. The van der Waals surface area contributed by atoms with E-state index in [1.54, 1.807) is 0 Å². The predicted molar refractivity (Wildman–Crippen MR) is 270 cm³/mol. The summed E-state index contributed by atoms with van der Waals surface area (Å²) in [6, 6.07) is 33.2. The second-order valence-electron chi connectivity index (χ2n) is 19.0. The molecule has 14 heteroatoms. The van der Waals surface area contributed by atoms with Crippen LogP contribution in [0.5, 0.6) is 0 Å². The molecule has 0 saturated heterocycles. The first-order valence-corrected chi connectivity index (χ1v) is 24.3. The minimum atomic E-state index is -0.713. The van der Waals surface area contributed by atoms with Crippen LogP contribution in [0.3, 0.4) is 0 Å². The van der Waals surface area contributed by atoms with Crippen molar-refractivity contribution in [3.8, 4) is 0 Å². The molecule has 2 amide bonds. The lowest BCUT2D eigenvalue weighted by molar-refractivity contribution is 0.0518. The first kappa shape index (κ1) is 48.3. The molecule has 8 bridgehead atoms. The Balaban J connectivity index is 1.48. The lowest BCUT2D eigenvalue weighted by atomic mass is 9.76. The fraction of sp³-hybridized carbons (Fsp3) is 0.385. The quantitative estimate of drug-likeness (QED) is 0.0595. The van der Waals surface area contributed by atoms with Crippen LogP contribution < -0.4 is 10.9 Å². The third-order valence-electron chi connectivity index (χ3n) is 12.7. The third-order valence-corrected chi connectivity index (χ3v) is 13.8. The monoisotopic (exact) mass is 1020 g/mol. The number of benzene rings is 2. The summed E-state index contributed by atoms with van der Waals surface area (Å²) in [5, 5.41) is 9.76. The predicted octanol–water partition coefficient (Wildman–Crippen LogP) is 13.2. The molecule has 2 aromatic carbocycles. The van der Waals surface area contributed by atoms with Crippen LogP contribution in [0.4, 0.5) is 9.59 Å². The van der Waals surface area contributed by atoms with Crippen LogP contribution >= 0.6 is 31.9 Å². The van der Waals surface area contributed by atoms with Crippen molar-refractivity contribution >= 4 is 55.5 Å². The van der Waals surface area contributed by atoms with E-state index in [1.807, 2.05) is 90.1 Å². The van der Waals surface area contributed by atoms with Crippen LogP contribution in [0.1, 0.15) is 163 Å². The molecule has 1 aliphatic rings. The molecular weight excluding hydrogens is 960 g/mol. The molecule has 0 atom stereocenters. The number of aromatic nitrogens is 4. The second kappa shape index (κ2) is 19.3. The van der Waals surface area contributed by atoms with Gasteiger partial charge in [0.05, 0.1) is 23.3 Å².